The number of benzene rings is 1. The number of hydrogen-bond acceptors (Lipinski definition) is 2. The van der Waals surface area contributed by atoms with E-state index in [0.717, 1.165) is 5.92 Å². The van der Waals surface area contributed by atoms with Gasteiger partial charge in [0.25, 0.3) is 0 Å². The second kappa shape index (κ2) is 11.9. The molecule has 1 aliphatic carbocycles. The topological polar surface area (TPSA) is 26.3 Å². The van der Waals surface area contributed by atoms with Gasteiger partial charge in [0, 0.05) is 44.7 Å². The number of hydrogen-bond donors (Lipinski definition) is 0. The standard InChI is InChI=1S/C20H30B.C3H6O2.Ar/c1-15(9-10-16-7-5-4-6-8-16)17-11-12-19-18(13-17)20(2,3)14-21-19;1-3(4)5-2;/h11-13,15-16H,4-10,14H2,1-3H3;1-2H3;. The summed E-state index contributed by atoms with van der Waals surface area (Å²) in [6, 6.07) is 7.24. The van der Waals surface area contributed by atoms with E-state index >= 15 is 0 Å². The molecule has 1 aromatic rings. The van der Waals surface area contributed by atoms with Crippen LogP contribution in [0.1, 0.15) is 89.7 Å². The van der Waals surface area contributed by atoms with Gasteiger partial charge >= 0.3 is 5.97 Å². The van der Waals surface area contributed by atoms with E-state index in [1.807, 2.05) is 0 Å². The van der Waals surface area contributed by atoms with E-state index in [-0.39, 0.29) is 43.7 Å². The average Bonchev–Trinajstić information content (AvgIpc) is 2.95. The Morgan fingerprint density at radius 2 is 1.89 bits per heavy atom. The Balaban J connectivity index is 0.000000542. The van der Waals surface area contributed by atoms with Crippen LogP contribution < -0.4 is 5.46 Å². The van der Waals surface area contributed by atoms with Crippen molar-refractivity contribution in [2.24, 2.45) is 5.92 Å². The monoisotopic (exact) mass is 395 g/mol. The molecular weight excluding hydrogens is 359 g/mol. The van der Waals surface area contributed by atoms with Crippen molar-refractivity contribution in [1.82, 2.24) is 0 Å². The molecule has 3 rings (SSSR count). The van der Waals surface area contributed by atoms with Crippen molar-refractivity contribution < 1.29 is 47.3 Å². The Hall–Kier alpha value is 0.0147. The summed E-state index contributed by atoms with van der Waals surface area (Å²) in [4.78, 5) is 9.59. The molecule has 1 radical (unpaired) electrons. The molecule has 2 aliphatic rings. The molecule has 2 nitrogen and oxygen atoms in total. The minimum absolute atomic E-state index is 0. The number of carbonyl (C=O) groups excluding carboxylic acids is 1. The summed E-state index contributed by atoms with van der Waals surface area (Å²) in [7, 11) is 3.76. The van der Waals surface area contributed by atoms with Gasteiger partial charge in [-0.15, -0.1) is 0 Å². The fourth-order valence-electron chi connectivity index (χ4n) is 4.25. The molecule has 0 amide bonds. The van der Waals surface area contributed by atoms with Crippen LogP contribution in [0.2, 0.25) is 6.32 Å². The number of esters is 1. The van der Waals surface area contributed by atoms with Crippen molar-refractivity contribution in [2.75, 3.05) is 7.11 Å². The first-order chi connectivity index (χ1) is 12.3. The van der Waals surface area contributed by atoms with Crippen LogP contribution in [0.15, 0.2) is 18.2 Å². The van der Waals surface area contributed by atoms with Gasteiger partial charge in [0.05, 0.1) is 7.11 Å². The molecule has 151 valence electrons. The Kier molecular flexibility index (Phi) is 11.0. The van der Waals surface area contributed by atoms with E-state index in [9.17, 15) is 4.79 Å². The van der Waals surface area contributed by atoms with E-state index < -0.39 is 0 Å². The second-order valence-electron chi connectivity index (χ2n) is 8.82. The summed E-state index contributed by atoms with van der Waals surface area (Å²) < 4.78 is 4.11. The summed E-state index contributed by atoms with van der Waals surface area (Å²) in [5, 5.41) is 0. The fraction of sp³-hybridized carbons (Fsp3) is 0.696. The molecule has 1 saturated carbocycles. The molecule has 0 N–H and O–H groups in total. The smallest absolute Gasteiger partial charge is 0.302 e. The maximum absolute atomic E-state index is 9.59. The van der Waals surface area contributed by atoms with E-state index in [1.165, 1.54) is 70.8 Å². The first-order valence-electron chi connectivity index (χ1n) is 10.4. The zero-order valence-electron chi connectivity index (χ0n) is 17.8. The second-order valence-corrected chi connectivity index (χ2v) is 8.82. The Morgan fingerprint density at radius 1 is 1.26 bits per heavy atom. The van der Waals surface area contributed by atoms with Crippen molar-refractivity contribution in [1.29, 1.82) is 0 Å². The first kappa shape index (κ1) is 25.1. The largest absolute Gasteiger partial charge is 0.469 e. The maximum atomic E-state index is 9.59. The van der Waals surface area contributed by atoms with Crippen LogP contribution >= 0.6 is 0 Å². The van der Waals surface area contributed by atoms with Crippen LogP contribution in [0.4, 0.5) is 0 Å². The maximum Gasteiger partial charge on any atom is 0.302 e. The van der Waals surface area contributed by atoms with Crippen LogP contribution in [0.5, 0.6) is 0 Å². The van der Waals surface area contributed by atoms with E-state index in [4.69, 9.17) is 0 Å². The normalized spacial score (nSPS) is 18.9. The van der Waals surface area contributed by atoms with Gasteiger partial charge in [0.2, 0.25) is 0 Å². The van der Waals surface area contributed by atoms with Crippen LogP contribution in [0.25, 0.3) is 0 Å². The average molecular weight is 395 g/mol. The van der Waals surface area contributed by atoms with Crippen molar-refractivity contribution >= 4 is 18.7 Å². The predicted molar refractivity (Wildman–Crippen MR) is 112 cm³/mol. The SMILES string of the molecule is CC(CCC1CCCCC1)c1ccc2c(c1)C(C)(C)C[B]2.COC(C)=O.[Ar]. The molecule has 27 heavy (non-hydrogen) atoms. The molecule has 1 aliphatic heterocycles. The van der Waals surface area contributed by atoms with Crippen molar-refractivity contribution in [3.8, 4) is 0 Å². The van der Waals surface area contributed by atoms with E-state index in [2.05, 4.69) is 51.0 Å². The van der Waals surface area contributed by atoms with Gasteiger partial charge in [-0.2, -0.15) is 0 Å². The zero-order valence-corrected chi connectivity index (χ0v) is 18.5. The third-order valence-corrected chi connectivity index (χ3v) is 6.23. The minimum Gasteiger partial charge on any atom is -0.469 e. The molecule has 1 fully saturated rings. The Labute approximate surface area is 197 Å². The summed E-state index contributed by atoms with van der Waals surface area (Å²) >= 11 is 0. The summed E-state index contributed by atoms with van der Waals surface area (Å²) in [6.45, 7) is 8.55. The van der Waals surface area contributed by atoms with Gasteiger partial charge in [-0.25, -0.2) is 0 Å². The van der Waals surface area contributed by atoms with Gasteiger partial charge in [0.1, 0.15) is 0 Å². The zero-order chi connectivity index (χ0) is 19.2. The molecule has 1 unspecified atom stereocenters. The van der Waals surface area contributed by atoms with Crippen LogP contribution in [0.3, 0.4) is 0 Å². The van der Waals surface area contributed by atoms with Gasteiger partial charge in [-0.3, -0.25) is 4.79 Å². The molecule has 0 saturated heterocycles. The molecular formula is C23H36ArBO2. The van der Waals surface area contributed by atoms with Crippen LogP contribution in [-0.4, -0.2) is 20.4 Å². The van der Waals surface area contributed by atoms with Crippen molar-refractivity contribution in [2.45, 2.75) is 90.3 Å². The molecule has 0 spiro atoms. The summed E-state index contributed by atoms with van der Waals surface area (Å²) in [5.41, 5.74) is 4.95. The van der Waals surface area contributed by atoms with Crippen molar-refractivity contribution in [3.63, 3.8) is 0 Å². The molecule has 1 aromatic carbocycles. The number of fused-ring (bicyclic) bond motifs is 1. The van der Waals surface area contributed by atoms with E-state index in [1.54, 1.807) is 11.1 Å². The number of methoxy groups -OCH3 is 1. The van der Waals surface area contributed by atoms with Gasteiger partial charge in [-0.1, -0.05) is 82.9 Å². The third kappa shape index (κ3) is 7.74. The number of rotatable bonds is 4. The number of ether oxygens (including phenoxy) is 1. The molecule has 1 atom stereocenters. The molecule has 4 heteroatoms. The van der Waals surface area contributed by atoms with Gasteiger partial charge < -0.3 is 4.74 Å². The quantitative estimate of drug-likeness (QED) is 0.506. The molecule has 0 bridgehead atoms. The Morgan fingerprint density at radius 3 is 2.48 bits per heavy atom. The van der Waals surface area contributed by atoms with Crippen LogP contribution in [-0.2, 0) is 14.9 Å². The van der Waals surface area contributed by atoms with Crippen LogP contribution in [0, 0.1) is 43.7 Å². The molecule has 0 aromatic heterocycles. The minimum atomic E-state index is -0.245. The summed E-state index contributed by atoms with van der Waals surface area (Å²) in [6.07, 6.45) is 11.4. The van der Waals surface area contributed by atoms with Gasteiger partial charge in [-0.05, 0) is 41.2 Å². The van der Waals surface area contributed by atoms with Crippen molar-refractivity contribution in [3.05, 3.63) is 29.3 Å². The third-order valence-electron chi connectivity index (χ3n) is 6.23. The van der Waals surface area contributed by atoms with Gasteiger partial charge in [0.15, 0.2) is 7.28 Å². The first-order valence-corrected chi connectivity index (χ1v) is 10.4. The number of carbonyl (C=O) groups is 1. The molecule has 1 heterocycles. The predicted octanol–water partition coefficient (Wildman–Crippen LogP) is 5.37. The Bertz CT molecular complexity index is 594. The fourth-order valence-corrected chi connectivity index (χ4v) is 4.25. The summed E-state index contributed by atoms with van der Waals surface area (Å²) in [5.74, 6) is 1.49. The van der Waals surface area contributed by atoms with E-state index in [0.29, 0.717) is 11.3 Å².